The van der Waals surface area contributed by atoms with Gasteiger partial charge in [0, 0.05) is 22.7 Å². The molecule has 1 atom stereocenters. The van der Waals surface area contributed by atoms with Gasteiger partial charge in [-0.3, -0.25) is 0 Å². The maximum Gasteiger partial charge on any atom is 0.0540 e. The summed E-state index contributed by atoms with van der Waals surface area (Å²) in [4.78, 5) is 2.47. The van der Waals surface area contributed by atoms with Crippen molar-refractivity contribution in [3.05, 3.63) is 260 Å². The van der Waals surface area contributed by atoms with Gasteiger partial charge in [-0.15, -0.1) is 0 Å². The minimum Gasteiger partial charge on any atom is -0.309 e. The summed E-state index contributed by atoms with van der Waals surface area (Å²) < 4.78 is 0. The summed E-state index contributed by atoms with van der Waals surface area (Å²) in [7, 11) is 0. The Morgan fingerprint density at radius 1 is 0.299 bits per heavy atom. The van der Waals surface area contributed by atoms with Gasteiger partial charge in [-0.25, -0.2) is 0 Å². The second-order valence-electron chi connectivity index (χ2n) is 18.0. The predicted molar refractivity (Wildman–Crippen MR) is 285 cm³/mol. The topological polar surface area (TPSA) is 3.24 Å². The van der Waals surface area contributed by atoms with E-state index in [1.165, 1.54) is 110 Å². The highest BCUT2D eigenvalue weighted by atomic mass is 15.1. The molecular formula is C66H45N. The zero-order valence-corrected chi connectivity index (χ0v) is 37.0. The van der Waals surface area contributed by atoms with Crippen LogP contribution in [0.15, 0.2) is 255 Å². The van der Waals surface area contributed by atoms with Crippen molar-refractivity contribution in [2.45, 2.75) is 12.3 Å². The molecule has 314 valence electrons. The van der Waals surface area contributed by atoms with Crippen LogP contribution in [0.2, 0.25) is 0 Å². The van der Waals surface area contributed by atoms with Gasteiger partial charge in [0.1, 0.15) is 0 Å². The van der Waals surface area contributed by atoms with E-state index in [1.807, 2.05) is 0 Å². The van der Waals surface area contributed by atoms with Crippen molar-refractivity contribution in [2.24, 2.45) is 0 Å². The van der Waals surface area contributed by atoms with E-state index in [0.717, 1.165) is 17.8 Å². The molecule has 0 spiro atoms. The van der Waals surface area contributed by atoms with Crippen molar-refractivity contribution in [1.82, 2.24) is 0 Å². The van der Waals surface area contributed by atoms with Gasteiger partial charge in [0.25, 0.3) is 0 Å². The van der Waals surface area contributed by atoms with Gasteiger partial charge in [-0.2, -0.15) is 0 Å². The number of benzene rings is 11. The lowest BCUT2D eigenvalue weighted by atomic mass is 9.86. The zero-order chi connectivity index (χ0) is 44.3. The molecule has 0 saturated carbocycles. The molecular weight excluding hydrogens is 807 g/mol. The number of rotatable bonds is 6. The summed E-state index contributed by atoms with van der Waals surface area (Å²) in [6.45, 7) is 0. The molecule has 0 amide bonds. The minimum atomic E-state index is 0.334. The summed E-state index contributed by atoms with van der Waals surface area (Å²) >= 11 is 0. The molecule has 11 aromatic rings. The molecule has 1 nitrogen and oxygen atoms in total. The number of para-hydroxylation sites is 1. The molecule has 67 heavy (non-hydrogen) atoms. The number of fused-ring (bicyclic) bond motifs is 11. The third-order valence-electron chi connectivity index (χ3n) is 14.1. The van der Waals surface area contributed by atoms with E-state index >= 15 is 0 Å². The first-order chi connectivity index (χ1) is 33.2. The van der Waals surface area contributed by atoms with Gasteiger partial charge >= 0.3 is 0 Å². The molecule has 13 rings (SSSR count). The van der Waals surface area contributed by atoms with E-state index in [2.05, 4.69) is 260 Å². The highest BCUT2D eigenvalue weighted by Gasteiger charge is 2.28. The summed E-state index contributed by atoms with van der Waals surface area (Å²) in [5.41, 5.74) is 19.3. The Kier molecular flexibility index (Phi) is 9.39. The second-order valence-corrected chi connectivity index (χ2v) is 18.0. The zero-order valence-electron chi connectivity index (χ0n) is 37.0. The van der Waals surface area contributed by atoms with Crippen molar-refractivity contribution in [1.29, 1.82) is 0 Å². The van der Waals surface area contributed by atoms with Crippen LogP contribution >= 0.6 is 0 Å². The third-order valence-corrected chi connectivity index (χ3v) is 14.1. The summed E-state index contributed by atoms with van der Waals surface area (Å²) in [6.07, 6.45) is 9.97. The second kappa shape index (κ2) is 16.2. The first kappa shape index (κ1) is 38.9. The van der Waals surface area contributed by atoms with Crippen LogP contribution in [-0.4, -0.2) is 0 Å². The molecule has 0 radical (unpaired) electrons. The van der Waals surface area contributed by atoms with Crippen molar-refractivity contribution in [3.8, 4) is 66.8 Å². The number of hydrogen-bond donors (Lipinski definition) is 0. The SMILES string of the molecule is C1=CCC(c2ccc3c(c2)-c2ccc(-c4cccc(-c5cccc(-c6ccc7c8ccccc8c8ccccc8c7c6)c5)c4)cc2-c2cc(-c4ccccc4)ccc2N3c2ccccc2)C=C1. The van der Waals surface area contributed by atoms with Crippen molar-refractivity contribution in [3.63, 3.8) is 0 Å². The van der Waals surface area contributed by atoms with Gasteiger partial charge in [-0.1, -0.05) is 194 Å². The van der Waals surface area contributed by atoms with E-state index in [0.29, 0.717) is 5.92 Å². The van der Waals surface area contributed by atoms with Crippen LogP contribution < -0.4 is 4.90 Å². The Balaban J connectivity index is 0.947. The van der Waals surface area contributed by atoms with Gasteiger partial charge in [0.05, 0.1) is 11.4 Å². The quantitative estimate of drug-likeness (QED) is 0.151. The smallest absolute Gasteiger partial charge is 0.0540 e. The van der Waals surface area contributed by atoms with Gasteiger partial charge in [-0.05, 0) is 161 Å². The van der Waals surface area contributed by atoms with Gasteiger partial charge < -0.3 is 4.90 Å². The number of anilines is 3. The van der Waals surface area contributed by atoms with Crippen LogP contribution in [0, 0.1) is 0 Å². The molecule has 11 aromatic carbocycles. The fourth-order valence-corrected chi connectivity index (χ4v) is 10.8. The van der Waals surface area contributed by atoms with Crippen LogP contribution in [0.5, 0.6) is 0 Å². The fourth-order valence-electron chi connectivity index (χ4n) is 10.8. The van der Waals surface area contributed by atoms with E-state index in [4.69, 9.17) is 0 Å². The van der Waals surface area contributed by atoms with Crippen LogP contribution in [0.4, 0.5) is 17.1 Å². The molecule has 1 aliphatic carbocycles. The monoisotopic (exact) mass is 851 g/mol. The normalized spacial score (nSPS) is 13.9. The van der Waals surface area contributed by atoms with Crippen LogP contribution in [0.1, 0.15) is 17.9 Å². The lowest BCUT2D eigenvalue weighted by Gasteiger charge is -2.28. The number of allylic oxidation sites excluding steroid dienone is 4. The highest BCUT2D eigenvalue weighted by Crippen LogP contribution is 2.53. The summed E-state index contributed by atoms with van der Waals surface area (Å²) in [6, 6.07) is 85.7. The molecule has 1 aliphatic heterocycles. The maximum atomic E-state index is 2.47. The van der Waals surface area contributed by atoms with Gasteiger partial charge in [0.15, 0.2) is 0 Å². The Hall–Kier alpha value is -8.52. The Labute approximate surface area is 391 Å². The van der Waals surface area contributed by atoms with E-state index in [-0.39, 0.29) is 0 Å². The largest absolute Gasteiger partial charge is 0.309 e. The molecule has 1 unspecified atom stereocenters. The third kappa shape index (κ3) is 6.79. The molecule has 1 heterocycles. The first-order valence-electron chi connectivity index (χ1n) is 23.4. The molecule has 2 aliphatic rings. The number of nitrogens with zero attached hydrogens (tertiary/aromatic N) is 1. The van der Waals surface area contributed by atoms with Crippen molar-refractivity contribution in [2.75, 3.05) is 4.90 Å². The Bertz CT molecular complexity index is 3750. The number of hydrogen-bond acceptors (Lipinski definition) is 1. The molecule has 0 fully saturated rings. The van der Waals surface area contributed by atoms with Crippen LogP contribution in [-0.2, 0) is 0 Å². The fraction of sp³-hybridized carbons (Fsp3) is 0.0303. The standard InChI is InChI=1S/C66H45N/c1-4-16-44(17-5-1)50-32-36-65-63(42-50)60-35-31-53(41-62(60)64-43-51(45-18-6-2-7-19-45)33-37-66(64)67(65)54-24-8-3-9-25-54)49-23-15-21-47(39-49)46-20-14-22-48(38-46)52-30-34-59-57-28-11-10-26-55(57)56-27-12-13-29-58(56)61(59)40-52/h1-16,18-44H,17H2. The summed E-state index contributed by atoms with van der Waals surface area (Å²) in [5.74, 6) is 0.334. The first-order valence-corrected chi connectivity index (χ1v) is 23.4. The maximum absolute atomic E-state index is 2.47. The minimum absolute atomic E-state index is 0.334. The van der Waals surface area contributed by atoms with E-state index in [9.17, 15) is 0 Å². The molecule has 0 N–H and O–H groups in total. The highest BCUT2D eigenvalue weighted by molar-refractivity contribution is 6.25. The van der Waals surface area contributed by atoms with E-state index in [1.54, 1.807) is 0 Å². The summed E-state index contributed by atoms with van der Waals surface area (Å²) in [5, 5.41) is 7.75. The Morgan fingerprint density at radius 3 is 1.42 bits per heavy atom. The predicted octanol–water partition coefficient (Wildman–Crippen LogP) is 18.5. The average molecular weight is 852 g/mol. The van der Waals surface area contributed by atoms with Crippen LogP contribution in [0.25, 0.3) is 99.1 Å². The molecule has 1 heteroatoms. The average Bonchev–Trinajstić information content (AvgIpc) is 3.53. The Morgan fingerprint density at radius 2 is 0.776 bits per heavy atom. The van der Waals surface area contributed by atoms with E-state index < -0.39 is 0 Å². The lowest BCUT2D eigenvalue weighted by molar-refractivity contribution is 0.854. The van der Waals surface area contributed by atoms with Crippen molar-refractivity contribution >= 4 is 49.4 Å². The molecule has 0 bridgehead atoms. The molecule has 0 aromatic heterocycles. The lowest BCUT2D eigenvalue weighted by Crippen LogP contribution is -2.11. The van der Waals surface area contributed by atoms with Crippen LogP contribution in [0.3, 0.4) is 0 Å². The molecule has 0 saturated heterocycles. The van der Waals surface area contributed by atoms with Crippen molar-refractivity contribution < 1.29 is 0 Å². The van der Waals surface area contributed by atoms with Gasteiger partial charge in [0.2, 0.25) is 0 Å².